The molecule has 0 spiro atoms. The van der Waals surface area contributed by atoms with Crippen LogP contribution in [0.2, 0.25) is 0 Å². The zero-order valence-corrected chi connectivity index (χ0v) is 14.5. The molecule has 0 bridgehead atoms. The van der Waals surface area contributed by atoms with Gasteiger partial charge in [0.15, 0.2) is 0 Å². The molecule has 1 N–H and O–H groups in total. The predicted molar refractivity (Wildman–Crippen MR) is 86.9 cm³/mol. The molecule has 1 unspecified atom stereocenters. The smallest absolute Gasteiger partial charge is 0.126 e. The van der Waals surface area contributed by atoms with E-state index in [0.717, 1.165) is 34.3 Å². The highest BCUT2D eigenvalue weighted by atomic mass is 79.9. The Labute approximate surface area is 133 Å². The van der Waals surface area contributed by atoms with E-state index in [1.165, 1.54) is 6.07 Å². The summed E-state index contributed by atoms with van der Waals surface area (Å²) in [5, 5.41) is 7.83. The van der Waals surface area contributed by atoms with E-state index in [1.807, 2.05) is 30.9 Å². The van der Waals surface area contributed by atoms with E-state index >= 15 is 0 Å². The molecule has 1 heterocycles. The van der Waals surface area contributed by atoms with Crippen LogP contribution in [-0.4, -0.2) is 16.8 Å². The molecule has 114 valence electrons. The van der Waals surface area contributed by atoms with Gasteiger partial charge in [0.25, 0.3) is 0 Å². The molecule has 21 heavy (non-hydrogen) atoms. The molecule has 1 aromatic heterocycles. The molecule has 0 saturated carbocycles. The summed E-state index contributed by atoms with van der Waals surface area (Å²) >= 11 is 3.65. The van der Waals surface area contributed by atoms with Crippen molar-refractivity contribution in [2.24, 2.45) is 7.05 Å². The zero-order chi connectivity index (χ0) is 15.6. The first-order valence-electron chi connectivity index (χ1n) is 7.11. The van der Waals surface area contributed by atoms with Crippen LogP contribution in [0.25, 0.3) is 0 Å². The molecule has 0 fully saturated rings. The lowest BCUT2D eigenvalue weighted by Crippen LogP contribution is -2.20. The number of aryl methyl sites for hydroxylation is 3. The van der Waals surface area contributed by atoms with E-state index in [0.29, 0.717) is 5.56 Å². The monoisotopic (exact) mass is 353 g/mol. The van der Waals surface area contributed by atoms with Crippen LogP contribution in [0, 0.1) is 12.7 Å². The number of hydrogen-bond acceptors (Lipinski definition) is 2. The maximum Gasteiger partial charge on any atom is 0.126 e. The van der Waals surface area contributed by atoms with Gasteiger partial charge in [-0.3, -0.25) is 4.68 Å². The van der Waals surface area contributed by atoms with Gasteiger partial charge in [-0.15, -0.1) is 0 Å². The number of aromatic nitrogens is 2. The fourth-order valence-electron chi connectivity index (χ4n) is 2.51. The molecule has 2 rings (SSSR count). The van der Waals surface area contributed by atoms with Gasteiger partial charge in [0.1, 0.15) is 5.82 Å². The van der Waals surface area contributed by atoms with Gasteiger partial charge in [0.2, 0.25) is 0 Å². The first-order chi connectivity index (χ1) is 9.97. The highest BCUT2D eigenvalue weighted by molar-refractivity contribution is 9.10. The van der Waals surface area contributed by atoms with E-state index in [9.17, 15) is 4.39 Å². The minimum Gasteiger partial charge on any atom is -0.313 e. The average Bonchev–Trinajstić information content (AvgIpc) is 2.74. The summed E-state index contributed by atoms with van der Waals surface area (Å²) in [6, 6.07) is 5.40. The molecule has 0 radical (unpaired) electrons. The van der Waals surface area contributed by atoms with Gasteiger partial charge in [-0.05, 0) is 53.5 Å². The Balaban J connectivity index is 2.31. The van der Waals surface area contributed by atoms with E-state index in [1.54, 1.807) is 6.92 Å². The van der Waals surface area contributed by atoms with Crippen LogP contribution in [0.3, 0.4) is 0 Å². The Morgan fingerprint density at radius 1 is 1.43 bits per heavy atom. The summed E-state index contributed by atoms with van der Waals surface area (Å²) in [6.07, 6.45) is 1.69. The van der Waals surface area contributed by atoms with Crippen LogP contribution in [0.15, 0.2) is 22.7 Å². The third kappa shape index (κ3) is 3.35. The maximum atomic E-state index is 13.4. The number of nitrogens with one attached hydrogen (secondary N) is 1. The molecule has 5 heteroatoms. The van der Waals surface area contributed by atoms with Gasteiger partial charge in [-0.25, -0.2) is 4.39 Å². The number of halogens is 2. The molecular weight excluding hydrogens is 333 g/mol. The van der Waals surface area contributed by atoms with E-state index in [2.05, 4.69) is 33.3 Å². The van der Waals surface area contributed by atoms with Crippen molar-refractivity contribution in [2.45, 2.75) is 32.7 Å². The highest BCUT2D eigenvalue weighted by Gasteiger charge is 2.18. The molecule has 0 aliphatic rings. The molecule has 3 nitrogen and oxygen atoms in total. The van der Waals surface area contributed by atoms with Crippen LogP contribution in [-0.2, 0) is 19.9 Å². The lowest BCUT2D eigenvalue weighted by atomic mass is 10.00. The fraction of sp³-hybridized carbons (Fsp3) is 0.438. The normalized spacial score (nSPS) is 12.7. The van der Waals surface area contributed by atoms with Crippen LogP contribution in [0.5, 0.6) is 0 Å². The quantitative estimate of drug-likeness (QED) is 0.888. The topological polar surface area (TPSA) is 29.9 Å². The van der Waals surface area contributed by atoms with E-state index < -0.39 is 0 Å². The Morgan fingerprint density at radius 2 is 2.14 bits per heavy atom. The fourth-order valence-corrected chi connectivity index (χ4v) is 3.28. The number of benzene rings is 1. The Hall–Kier alpha value is -1.20. The second-order valence-corrected chi connectivity index (χ2v) is 6.03. The molecule has 0 amide bonds. The van der Waals surface area contributed by atoms with Gasteiger partial charge in [0.05, 0.1) is 15.9 Å². The standard InChI is InChI=1S/C16H21BrFN3/c1-5-13-16(17)15(21(4)20-13)9-14(19-3)11-6-7-12(18)10(2)8-11/h6-8,14,19H,5,9H2,1-4H3. The van der Waals surface area contributed by atoms with Gasteiger partial charge in [0, 0.05) is 19.5 Å². The molecule has 0 aliphatic heterocycles. The SMILES string of the molecule is CCc1nn(C)c(CC(NC)c2ccc(F)c(C)c2)c1Br. The number of nitrogens with zero attached hydrogens (tertiary/aromatic N) is 2. The average molecular weight is 354 g/mol. The number of rotatable bonds is 5. The van der Waals surface area contributed by atoms with Crippen LogP contribution in [0.4, 0.5) is 4.39 Å². The van der Waals surface area contributed by atoms with Crippen molar-refractivity contribution in [2.75, 3.05) is 7.05 Å². The predicted octanol–water partition coefficient (Wildman–Crippen LogP) is 3.70. The third-order valence-electron chi connectivity index (χ3n) is 3.83. The van der Waals surface area contributed by atoms with Crippen LogP contribution in [0.1, 0.15) is 35.5 Å². The Kier molecular flexibility index (Phi) is 5.17. The van der Waals surface area contributed by atoms with Gasteiger partial charge in [-0.1, -0.05) is 19.1 Å². The van der Waals surface area contributed by atoms with Crippen molar-refractivity contribution in [1.29, 1.82) is 0 Å². The molecule has 1 atom stereocenters. The summed E-state index contributed by atoms with van der Waals surface area (Å²) in [7, 11) is 3.89. The Morgan fingerprint density at radius 3 is 2.67 bits per heavy atom. The molecule has 2 aromatic rings. The summed E-state index contributed by atoms with van der Waals surface area (Å²) in [4.78, 5) is 0. The largest absolute Gasteiger partial charge is 0.313 e. The lowest BCUT2D eigenvalue weighted by molar-refractivity contribution is 0.556. The van der Waals surface area contributed by atoms with Crippen LogP contribution >= 0.6 is 15.9 Å². The van der Waals surface area contributed by atoms with Crippen molar-refractivity contribution < 1.29 is 4.39 Å². The number of hydrogen-bond donors (Lipinski definition) is 1. The summed E-state index contributed by atoms with van der Waals surface area (Å²) in [6.45, 7) is 3.89. The minimum atomic E-state index is -0.163. The van der Waals surface area contributed by atoms with Crippen molar-refractivity contribution in [1.82, 2.24) is 15.1 Å². The van der Waals surface area contributed by atoms with E-state index in [-0.39, 0.29) is 11.9 Å². The first kappa shape index (κ1) is 16.2. The van der Waals surface area contributed by atoms with Crippen LogP contribution < -0.4 is 5.32 Å². The van der Waals surface area contributed by atoms with Crippen molar-refractivity contribution >= 4 is 15.9 Å². The van der Waals surface area contributed by atoms with Crippen molar-refractivity contribution in [3.05, 3.63) is 51.0 Å². The van der Waals surface area contributed by atoms with Crippen molar-refractivity contribution in [3.63, 3.8) is 0 Å². The summed E-state index contributed by atoms with van der Waals surface area (Å²) in [5.41, 5.74) is 3.97. The van der Waals surface area contributed by atoms with Gasteiger partial charge in [-0.2, -0.15) is 5.10 Å². The lowest BCUT2D eigenvalue weighted by Gasteiger charge is -2.18. The van der Waals surface area contributed by atoms with Gasteiger partial charge >= 0.3 is 0 Å². The second kappa shape index (κ2) is 6.71. The first-order valence-corrected chi connectivity index (χ1v) is 7.90. The zero-order valence-electron chi connectivity index (χ0n) is 12.9. The third-order valence-corrected chi connectivity index (χ3v) is 4.75. The maximum absolute atomic E-state index is 13.4. The molecule has 1 aromatic carbocycles. The molecule has 0 aliphatic carbocycles. The number of likely N-dealkylation sites (N-methyl/N-ethyl adjacent to an activating group) is 1. The molecular formula is C16H21BrFN3. The molecule has 0 saturated heterocycles. The highest BCUT2D eigenvalue weighted by Crippen LogP contribution is 2.27. The van der Waals surface area contributed by atoms with E-state index in [4.69, 9.17) is 0 Å². The Bertz CT molecular complexity index is 637. The summed E-state index contributed by atoms with van der Waals surface area (Å²) in [5.74, 6) is -0.163. The van der Waals surface area contributed by atoms with Crippen molar-refractivity contribution in [3.8, 4) is 0 Å². The minimum absolute atomic E-state index is 0.126. The van der Waals surface area contributed by atoms with Gasteiger partial charge < -0.3 is 5.32 Å². The second-order valence-electron chi connectivity index (χ2n) is 5.24. The summed E-state index contributed by atoms with van der Waals surface area (Å²) < 4.78 is 16.4.